The van der Waals surface area contributed by atoms with Crippen LogP contribution in [0.1, 0.15) is 31.4 Å². The second kappa shape index (κ2) is 5.88. The molecule has 4 nitrogen and oxygen atoms in total. The predicted octanol–water partition coefficient (Wildman–Crippen LogP) is 1.61. The molecule has 1 N–H and O–H groups in total. The smallest absolute Gasteiger partial charge is 0.157 e. The van der Waals surface area contributed by atoms with E-state index in [1.54, 1.807) is 6.26 Å². The van der Waals surface area contributed by atoms with Gasteiger partial charge in [-0.1, -0.05) is 0 Å². The molecule has 3 rings (SSSR count). The molecule has 2 fully saturated rings. The number of nitrogens with zero attached hydrogens (tertiary/aromatic N) is 1. The first-order valence-electron chi connectivity index (χ1n) is 7.36. The van der Waals surface area contributed by atoms with Crippen LogP contribution >= 0.6 is 0 Å². The number of ketones is 1. The van der Waals surface area contributed by atoms with Crippen molar-refractivity contribution in [1.82, 2.24) is 10.2 Å². The summed E-state index contributed by atoms with van der Waals surface area (Å²) in [6, 6.07) is 4.45. The zero-order valence-electron chi connectivity index (χ0n) is 11.3. The van der Waals surface area contributed by atoms with Crippen LogP contribution in [0, 0.1) is 0 Å². The molecule has 0 aromatic carbocycles. The normalized spacial score (nSPS) is 25.8. The van der Waals surface area contributed by atoms with E-state index < -0.39 is 0 Å². The standard InChI is InChI=1S/C15H22N2O2/c18-15(11-13-3-2-10-19-13)14-4-1-9-17(14)12-5-7-16-8-6-12/h2-3,10,12,14,16H,1,4-9,11H2. The highest BCUT2D eigenvalue weighted by atomic mass is 16.3. The Hall–Kier alpha value is -1.13. The van der Waals surface area contributed by atoms with Crippen LogP contribution in [0.3, 0.4) is 0 Å². The van der Waals surface area contributed by atoms with E-state index in [0.717, 1.165) is 38.2 Å². The molecule has 0 saturated carbocycles. The maximum Gasteiger partial charge on any atom is 0.157 e. The molecule has 2 saturated heterocycles. The lowest BCUT2D eigenvalue weighted by Gasteiger charge is -2.35. The van der Waals surface area contributed by atoms with E-state index in [1.165, 1.54) is 12.8 Å². The first-order valence-corrected chi connectivity index (χ1v) is 7.36. The molecule has 1 unspecified atom stereocenters. The van der Waals surface area contributed by atoms with E-state index in [4.69, 9.17) is 4.42 Å². The fourth-order valence-electron chi connectivity index (χ4n) is 3.41. The van der Waals surface area contributed by atoms with E-state index in [0.29, 0.717) is 18.2 Å². The van der Waals surface area contributed by atoms with Crippen LogP contribution in [0.4, 0.5) is 0 Å². The van der Waals surface area contributed by atoms with Crippen LogP contribution < -0.4 is 5.32 Å². The van der Waals surface area contributed by atoms with Crippen molar-refractivity contribution >= 4 is 5.78 Å². The van der Waals surface area contributed by atoms with Gasteiger partial charge in [0.05, 0.1) is 18.7 Å². The fourth-order valence-corrected chi connectivity index (χ4v) is 3.41. The number of likely N-dealkylation sites (tertiary alicyclic amines) is 1. The maximum atomic E-state index is 12.4. The van der Waals surface area contributed by atoms with E-state index in [-0.39, 0.29) is 6.04 Å². The monoisotopic (exact) mass is 262 g/mol. The molecule has 0 aliphatic carbocycles. The summed E-state index contributed by atoms with van der Waals surface area (Å²) >= 11 is 0. The van der Waals surface area contributed by atoms with Crippen LogP contribution in [0.2, 0.25) is 0 Å². The molecule has 1 aromatic rings. The lowest BCUT2D eigenvalue weighted by Crippen LogP contribution is -2.48. The zero-order chi connectivity index (χ0) is 13.1. The molecule has 104 valence electrons. The second-order valence-corrected chi connectivity index (χ2v) is 5.60. The first-order chi connectivity index (χ1) is 9.34. The molecular weight excluding hydrogens is 240 g/mol. The van der Waals surface area contributed by atoms with Crippen molar-refractivity contribution < 1.29 is 9.21 Å². The second-order valence-electron chi connectivity index (χ2n) is 5.60. The molecule has 1 aromatic heterocycles. The average molecular weight is 262 g/mol. The molecule has 2 aliphatic rings. The lowest BCUT2D eigenvalue weighted by molar-refractivity contribution is -0.123. The SMILES string of the molecule is O=C(Cc1ccco1)C1CCCN1C1CCNCC1. The third-order valence-corrected chi connectivity index (χ3v) is 4.37. The van der Waals surface area contributed by atoms with Gasteiger partial charge >= 0.3 is 0 Å². The lowest BCUT2D eigenvalue weighted by atomic mass is 10.0. The fraction of sp³-hybridized carbons (Fsp3) is 0.667. The van der Waals surface area contributed by atoms with Gasteiger partial charge < -0.3 is 9.73 Å². The molecular formula is C15H22N2O2. The van der Waals surface area contributed by atoms with Gasteiger partial charge in [0.25, 0.3) is 0 Å². The van der Waals surface area contributed by atoms with Crippen LogP contribution in [0.15, 0.2) is 22.8 Å². The van der Waals surface area contributed by atoms with Gasteiger partial charge in [-0.25, -0.2) is 0 Å². The summed E-state index contributed by atoms with van der Waals surface area (Å²) in [5.41, 5.74) is 0. The number of furan rings is 1. The van der Waals surface area contributed by atoms with Crippen LogP contribution in [-0.4, -0.2) is 42.4 Å². The van der Waals surface area contributed by atoms with Gasteiger partial charge in [-0.05, 0) is 57.5 Å². The van der Waals surface area contributed by atoms with Crippen molar-refractivity contribution in [3.8, 4) is 0 Å². The van der Waals surface area contributed by atoms with Gasteiger partial charge in [0.1, 0.15) is 5.76 Å². The predicted molar refractivity (Wildman–Crippen MR) is 73.0 cm³/mol. The van der Waals surface area contributed by atoms with Gasteiger partial charge in [-0.3, -0.25) is 9.69 Å². The van der Waals surface area contributed by atoms with Gasteiger partial charge in [0, 0.05) is 6.04 Å². The topological polar surface area (TPSA) is 45.5 Å². The van der Waals surface area contributed by atoms with Crippen molar-refractivity contribution in [2.45, 2.75) is 44.2 Å². The maximum absolute atomic E-state index is 12.4. The zero-order valence-corrected chi connectivity index (χ0v) is 11.3. The number of Topliss-reactive ketones (excluding diaryl/α,β-unsaturated/α-hetero) is 1. The Bertz CT molecular complexity index is 410. The minimum atomic E-state index is 0.119. The molecule has 1 atom stereocenters. The van der Waals surface area contributed by atoms with Crippen molar-refractivity contribution in [3.05, 3.63) is 24.2 Å². The van der Waals surface area contributed by atoms with Gasteiger partial charge in [0.2, 0.25) is 0 Å². The van der Waals surface area contributed by atoms with E-state index in [9.17, 15) is 4.79 Å². The Kier molecular flexibility index (Phi) is 3.99. The van der Waals surface area contributed by atoms with Crippen LogP contribution in [0.5, 0.6) is 0 Å². The summed E-state index contributed by atoms with van der Waals surface area (Å²) in [6.45, 7) is 3.25. The highest BCUT2D eigenvalue weighted by Crippen LogP contribution is 2.25. The third-order valence-electron chi connectivity index (χ3n) is 4.37. The number of piperidine rings is 1. The van der Waals surface area contributed by atoms with Crippen LogP contribution in [-0.2, 0) is 11.2 Å². The first kappa shape index (κ1) is 12.9. The molecule has 0 bridgehead atoms. The summed E-state index contributed by atoms with van der Waals surface area (Å²) in [5.74, 6) is 1.12. The molecule has 4 heteroatoms. The minimum absolute atomic E-state index is 0.119. The summed E-state index contributed by atoms with van der Waals surface area (Å²) in [4.78, 5) is 14.9. The van der Waals surface area contributed by atoms with Gasteiger partial charge in [0.15, 0.2) is 5.78 Å². The summed E-state index contributed by atoms with van der Waals surface area (Å²) in [5, 5.41) is 3.39. The Morgan fingerprint density at radius 1 is 1.37 bits per heavy atom. The molecule has 3 heterocycles. The van der Waals surface area contributed by atoms with Crippen LogP contribution in [0.25, 0.3) is 0 Å². The van der Waals surface area contributed by atoms with Crippen molar-refractivity contribution in [2.24, 2.45) is 0 Å². The Labute approximate surface area is 114 Å². The number of hydrogen-bond acceptors (Lipinski definition) is 4. The van der Waals surface area contributed by atoms with Gasteiger partial charge in [-0.2, -0.15) is 0 Å². The minimum Gasteiger partial charge on any atom is -0.469 e. The summed E-state index contributed by atoms with van der Waals surface area (Å²) in [6.07, 6.45) is 6.60. The van der Waals surface area contributed by atoms with Crippen molar-refractivity contribution in [1.29, 1.82) is 0 Å². The number of rotatable bonds is 4. The Morgan fingerprint density at radius 2 is 2.21 bits per heavy atom. The van der Waals surface area contributed by atoms with E-state index >= 15 is 0 Å². The van der Waals surface area contributed by atoms with Gasteiger partial charge in [-0.15, -0.1) is 0 Å². The van der Waals surface area contributed by atoms with Crippen molar-refractivity contribution in [2.75, 3.05) is 19.6 Å². The van der Waals surface area contributed by atoms with E-state index in [2.05, 4.69) is 10.2 Å². The number of hydrogen-bond donors (Lipinski definition) is 1. The molecule has 19 heavy (non-hydrogen) atoms. The average Bonchev–Trinajstić information content (AvgIpc) is 3.10. The highest BCUT2D eigenvalue weighted by Gasteiger charge is 2.35. The molecule has 0 spiro atoms. The molecule has 0 amide bonds. The molecule has 0 radical (unpaired) electrons. The summed E-state index contributed by atoms with van der Waals surface area (Å²) in [7, 11) is 0. The largest absolute Gasteiger partial charge is 0.469 e. The third kappa shape index (κ3) is 2.90. The number of nitrogens with one attached hydrogen (secondary N) is 1. The molecule has 2 aliphatic heterocycles. The number of carbonyl (C=O) groups is 1. The highest BCUT2D eigenvalue weighted by molar-refractivity contribution is 5.85. The Balaban J connectivity index is 1.63. The summed E-state index contributed by atoms with van der Waals surface area (Å²) < 4.78 is 5.30. The van der Waals surface area contributed by atoms with Crippen molar-refractivity contribution in [3.63, 3.8) is 0 Å². The quantitative estimate of drug-likeness (QED) is 0.895. The van der Waals surface area contributed by atoms with E-state index in [1.807, 2.05) is 12.1 Å². The Morgan fingerprint density at radius 3 is 2.95 bits per heavy atom. The number of carbonyl (C=O) groups excluding carboxylic acids is 1.